The Morgan fingerprint density at radius 3 is 2.73 bits per heavy atom. The van der Waals surface area contributed by atoms with E-state index in [0.717, 1.165) is 34.1 Å². The first-order valence-electron chi connectivity index (χ1n) is 7.59. The van der Waals surface area contributed by atoms with Gasteiger partial charge in [0.15, 0.2) is 0 Å². The number of thiazole rings is 1. The molecule has 1 aromatic heterocycles. The topological polar surface area (TPSA) is 59.2 Å². The van der Waals surface area contributed by atoms with Gasteiger partial charge < -0.3 is 10.6 Å². The van der Waals surface area contributed by atoms with Gasteiger partial charge in [-0.2, -0.15) is 0 Å². The second-order valence-electron chi connectivity index (χ2n) is 5.94. The van der Waals surface area contributed by atoms with Crippen molar-refractivity contribution in [3.05, 3.63) is 39.7 Å². The summed E-state index contributed by atoms with van der Waals surface area (Å²) in [6.07, 6.45) is 1.32. The van der Waals surface area contributed by atoms with Gasteiger partial charge in [0, 0.05) is 29.6 Å². The summed E-state index contributed by atoms with van der Waals surface area (Å²) >= 11 is 1.61. The van der Waals surface area contributed by atoms with Crippen LogP contribution in [0.15, 0.2) is 24.3 Å². The van der Waals surface area contributed by atoms with E-state index in [0.29, 0.717) is 13.0 Å². The van der Waals surface area contributed by atoms with Crippen LogP contribution in [-0.4, -0.2) is 34.9 Å². The number of hydrogen-bond donors (Lipinski definition) is 1. The molecule has 0 spiro atoms. The summed E-state index contributed by atoms with van der Waals surface area (Å²) in [5, 5.41) is 0.997. The molecule has 1 saturated heterocycles. The van der Waals surface area contributed by atoms with Crippen LogP contribution in [0.5, 0.6) is 0 Å². The fourth-order valence-corrected chi connectivity index (χ4v) is 3.74. The fraction of sp³-hybridized carbons (Fsp3) is 0.412. The maximum atomic E-state index is 12.5. The van der Waals surface area contributed by atoms with Crippen molar-refractivity contribution in [3.8, 4) is 11.3 Å². The van der Waals surface area contributed by atoms with Crippen molar-refractivity contribution in [1.29, 1.82) is 0 Å². The van der Waals surface area contributed by atoms with Gasteiger partial charge in [-0.25, -0.2) is 4.98 Å². The minimum Gasteiger partial charge on any atom is -0.341 e. The number of carbonyl (C=O) groups is 1. The van der Waals surface area contributed by atoms with Gasteiger partial charge in [-0.05, 0) is 20.3 Å². The molecule has 22 heavy (non-hydrogen) atoms. The summed E-state index contributed by atoms with van der Waals surface area (Å²) in [4.78, 5) is 20.0. The molecule has 4 nitrogen and oxygen atoms in total. The third kappa shape index (κ3) is 3.20. The van der Waals surface area contributed by atoms with E-state index >= 15 is 0 Å². The van der Waals surface area contributed by atoms with E-state index in [9.17, 15) is 4.79 Å². The van der Waals surface area contributed by atoms with Gasteiger partial charge in [-0.3, -0.25) is 4.79 Å². The summed E-state index contributed by atoms with van der Waals surface area (Å²) in [5.74, 6) is 0.157. The lowest BCUT2D eigenvalue weighted by Gasteiger charge is -2.15. The molecule has 0 radical (unpaired) electrons. The van der Waals surface area contributed by atoms with Gasteiger partial charge in [0.05, 0.1) is 17.1 Å². The Hall–Kier alpha value is -1.72. The van der Waals surface area contributed by atoms with Crippen molar-refractivity contribution in [2.45, 2.75) is 32.7 Å². The molecule has 5 heteroatoms. The Kier molecular flexibility index (Phi) is 4.27. The molecule has 1 atom stereocenters. The lowest BCUT2D eigenvalue weighted by Crippen LogP contribution is -2.32. The average Bonchev–Trinajstić information content (AvgIpc) is 3.06. The van der Waals surface area contributed by atoms with Crippen molar-refractivity contribution >= 4 is 17.2 Å². The molecule has 0 aliphatic carbocycles. The van der Waals surface area contributed by atoms with E-state index in [1.54, 1.807) is 11.3 Å². The zero-order valence-electron chi connectivity index (χ0n) is 13.0. The predicted molar refractivity (Wildman–Crippen MR) is 89.9 cm³/mol. The van der Waals surface area contributed by atoms with Crippen LogP contribution in [0, 0.1) is 13.8 Å². The first-order valence-corrected chi connectivity index (χ1v) is 8.41. The van der Waals surface area contributed by atoms with Crippen LogP contribution in [0.3, 0.4) is 0 Å². The molecule has 116 valence electrons. The molecule has 2 aromatic rings. The van der Waals surface area contributed by atoms with Gasteiger partial charge in [0.25, 0.3) is 0 Å². The fourth-order valence-electron chi connectivity index (χ4n) is 2.79. The second kappa shape index (κ2) is 6.18. The van der Waals surface area contributed by atoms with Gasteiger partial charge in [0.1, 0.15) is 0 Å². The van der Waals surface area contributed by atoms with Crippen LogP contribution in [0.2, 0.25) is 0 Å². The summed E-state index contributed by atoms with van der Waals surface area (Å²) in [7, 11) is 0. The number of nitrogens with zero attached hydrogens (tertiary/aromatic N) is 2. The van der Waals surface area contributed by atoms with Gasteiger partial charge in [0.2, 0.25) is 5.91 Å². The number of likely N-dealkylation sites (tertiary alicyclic amines) is 1. The van der Waals surface area contributed by atoms with Gasteiger partial charge >= 0.3 is 0 Å². The molecule has 1 aromatic carbocycles. The monoisotopic (exact) mass is 315 g/mol. The molecule has 2 N–H and O–H groups in total. The first-order chi connectivity index (χ1) is 10.5. The van der Waals surface area contributed by atoms with Crippen LogP contribution in [-0.2, 0) is 11.2 Å². The Balaban J connectivity index is 1.82. The van der Waals surface area contributed by atoms with Gasteiger partial charge in [-0.1, -0.05) is 29.8 Å². The maximum Gasteiger partial charge on any atom is 0.227 e. The number of benzene rings is 1. The zero-order valence-corrected chi connectivity index (χ0v) is 13.8. The third-order valence-electron chi connectivity index (χ3n) is 4.02. The highest BCUT2D eigenvalue weighted by atomic mass is 32.1. The van der Waals surface area contributed by atoms with Gasteiger partial charge in [-0.15, -0.1) is 11.3 Å². The van der Waals surface area contributed by atoms with Crippen molar-refractivity contribution < 1.29 is 4.79 Å². The number of hydrogen-bond acceptors (Lipinski definition) is 4. The highest BCUT2D eigenvalue weighted by Crippen LogP contribution is 2.29. The van der Waals surface area contributed by atoms with Crippen LogP contribution < -0.4 is 5.73 Å². The largest absolute Gasteiger partial charge is 0.341 e. The summed E-state index contributed by atoms with van der Waals surface area (Å²) in [6, 6.07) is 8.43. The lowest BCUT2D eigenvalue weighted by molar-refractivity contribution is -0.129. The number of rotatable bonds is 3. The minimum atomic E-state index is 0.128. The lowest BCUT2D eigenvalue weighted by atomic mass is 10.1. The van der Waals surface area contributed by atoms with E-state index in [1.165, 1.54) is 5.56 Å². The Labute approximate surface area is 135 Å². The normalized spacial score (nSPS) is 18.0. The van der Waals surface area contributed by atoms with E-state index in [1.807, 2.05) is 11.8 Å². The molecule has 0 bridgehead atoms. The molecule has 0 saturated carbocycles. The molecule has 1 aliphatic rings. The minimum absolute atomic E-state index is 0.128. The smallest absolute Gasteiger partial charge is 0.227 e. The van der Waals surface area contributed by atoms with Crippen LogP contribution in [0.4, 0.5) is 0 Å². The zero-order chi connectivity index (χ0) is 15.7. The number of carbonyl (C=O) groups excluding carboxylic acids is 1. The van der Waals surface area contributed by atoms with Crippen LogP contribution in [0.1, 0.15) is 21.9 Å². The van der Waals surface area contributed by atoms with Crippen molar-refractivity contribution in [3.63, 3.8) is 0 Å². The van der Waals surface area contributed by atoms with E-state index in [2.05, 4.69) is 36.2 Å². The highest BCUT2D eigenvalue weighted by Gasteiger charge is 2.25. The molecule has 1 unspecified atom stereocenters. The summed E-state index contributed by atoms with van der Waals surface area (Å²) in [6.45, 7) is 5.51. The molecular formula is C17H21N3OS. The molecule has 1 fully saturated rings. The molecule has 1 amide bonds. The highest BCUT2D eigenvalue weighted by molar-refractivity contribution is 7.12. The SMILES string of the molecule is Cc1ccc(-c2nc(C)sc2CC(=O)N2CCC(N)C2)cc1. The standard InChI is InChI=1S/C17H21N3OS/c1-11-3-5-13(6-4-11)17-15(22-12(2)19-17)9-16(21)20-8-7-14(18)10-20/h3-6,14H,7-10,18H2,1-2H3. The van der Waals surface area contributed by atoms with E-state index < -0.39 is 0 Å². The Bertz CT molecular complexity index is 678. The molecular weight excluding hydrogens is 294 g/mol. The predicted octanol–water partition coefficient (Wildman–Crippen LogP) is 2.53. The first kappa shape index (κ1) is 15.2. The average molecular weight is 315 g/mol. The second-order valence-corrected chi connectivity index (χ2v) is 7.22. The van der Waals surface area contributed by atoms with Crippen LogP contribution in [0.25, 0.3) is 11.3 Å². The quantitative estimate of drug-likeness (QED) is 0.947. The Morgan fingerprint density at radius 1 is 1.36 bits per heavy atom. The molecule has 3 rings (SSSR count). The molecule has 2 heterocycles. The van der Waals surface area contributed by atoms with E-state index in [-0.39, 0.29) is 11.9 Å². The third-order valence-corrected chi connectivity index (χ3v) is 4.99. The summed E-state index contributed by atoms with van der Waals surface area (Å²) < 4.78 is 0. The van der Waals surface area contributed by atoms with Crippen molar-refractivity contribution in [2.75, 3.05) is 13.1 Å². The van der Waals surface area contributed by atoms with Crippen molar-refractivity contribution in [2.24, 2.45) is 5.73 Å². The van der Waals surface area contributed by atoms with Crippen LogP contribution >= 0.6 is 11.3 Å². The van der Waals surface area contributed by atoms with Crippen molar-refractivity contribution in [1.82, 2.24) is 9.88 Å². The summed E-state index contributed by atoms with van der Waals surface area (Å²) in [5.41, 5.74) is 9.14. The molecule has 1 aliphatic heterocycles. The number of amides is 1. The van der Waals surface area contributed by atoms with E-state index in [4.69, 9.17) is 5.73 Å². The number of aromatic nitrogens is 1. The number of nitrogens with two attached hydrogens (primary N) is 1. The Morgan fingerprint density at radius 2 is 2.09 bits per heavy atom. The number of aryl methyl sites for hydroxylation is 2. The maximum absolute atomic E-state index is 12.5.